The number of aromatic nitrogens is 1. The molecule has 0 fully saturated rings. The Morgan fingerprint density at radius 1 is 1.12 bits per heavy atom. The molecule has 26 heavy (non-hydrogen) atoms. The predicted octanol–water partition coefficient (Wildman–Crippen LogP) is 5.05. The average Bonchev–Trinajstić information content (AvgIpc) is 2.65. The molecule has 0 atom stereocenters. The van der Waals surface area contributed by atoms with Crippen molar-refractivity contribution in [1.29, 1.82) is 0 Å². The minimum atomic E-state index is -0.305. The summed E-state index contributed by atoms with van der Waals surface area (Å²) in [5, 5.41) is 6.58. The van der Waals surface area contributed by atoms with Gasteiger partial charge in [-0.2, -0.15) is 0 Å². The number of amides is 1. The number of nitrogens with zero attached hydrogens (tertiary/aromatic N) is 1. The second-order valence-electron chi connectivity index (χ2n) is 5.78. The van der Waals surface area contributed by atoms with Crippen molar-refractivity contribution in [2.75, 3.05) is 10.6 Å². The van der Waals surface area contributed by atoms with Gasteiger partial charge in [0.05, 0.1) is 11.9 Å². The van der Waals surface area contributed by atoms with E-state index in [1.165, 1.54) is 12.1 Å². The SMILES string of the molecule is Cc1c(Cl)cccc1NC(=O)c1ccc(NCc2ccc(F)cc2)cn1. The molecular formula is C20H17ClFN3O. The summed E-state index contributed by atoms with van der Waals surface area (Å²) < 4.78 is 12.9. The van der Waals surface area contributed by atoms with Crippen LogP contribution in [0.2, 0.25) is 5.02 Å². The number of rotatable bonds is 5. The van der Waals surface area contributed by atoms with Crippen LogP contribution in [0.3, 0.4) is 0 Å². The topological polar surface area (TPSA) is 54.0 Å². The lowest BCUT2D eigenvalue weighted by molar-refractivity contribution is 0.102. The Morgan fingerprint density at radius 2 is 1.88 bits per heavy atom. The number of carbonyl (C=O) groups excluding carboxylic acids is 1. The molecule has 2 aromatic carbocycles. The Bertz CT molecular complexity index is 911. The summed E-state index contributed by atoms with van der Waals surface area (Å²) in [5.74, 6) is -0.568. The lowest BCUT2D eigenvalue weighted by Crippen LogP contribution is -2.14. The van der Waals surface area contributed by atoms with Crippen LogP contribution in [0.15, 0.2) is 60.8 Å². The molecule has 0 spiro atoms. The van der Waals surface area contributed by atoms with Crippen molar-refractivity contribution in [3.63, 3.8) is 0 Å². The second kappa shape index (κ2) is 7.97. The monoisotopic (exact) mass is 369 g/mol. The van der Waals surface area contributed by atoms with Crippen molar-refractivity contribution in [3.8, 4) is 0 Å². The molecule has 3 aromatic rings. The van der Waals surface area contributed by atoms with E-state index in [2.05, 4.69) is 15.6 Å². The van der Waals surface area contributed by atoms with E-state index in [0.29, 0.717) is 22.9 Å². The zero-order chi connectivity index (χ0) is 18.5. The molecular weight excluding hydrogens is 353 g/mol. The maximum Gasteiger partial charge on any atom is 0.274 e. The Kier molecular flexibility index (Phi) is 5.49. The highest BCUT2D eigenvalue weighted by Crippen LogP contribution is 2.23. The Hall–Kier alpha value is -2.92. The average molecular weight is 370 g/mol. The first-order valence-electron chi connectivity index (χ1n) is 8.04. The quantitative estimate of drug-likeness (QED) is 0.662. The molecule has 0 saturated carbocycles. The van der Waals surface area contributed by atoms with Gasteiger partial charge in [0.25, 0.3) is 5.91 Å². The van der Waals surface area contributed by atoms with E-state index in [-0.39, 0.29) is 11.7 Å². The molecule has 2 N–H and O–H groups in total. The van der Waals surface area contributed by atoms with Gasteiger partial charge in [-0.25, -0.2) is 9.37 Å². The van der Waals surface area contributed by atoms with Crippen LogP contribution in [0, 0.1) is 12.7 Å². The lowest BCUT2D eigenvalue weighted by Gasteiger charge is -2.10. The third-order valence-corrected chi connectivity index (χ3v) is 4.33. The van der Waals surface area contributed by atoms with E-state index >= 15 is 0 Å². The molecule has 1 aromatic heterocycles. The van der Waals surface area contributed by atoms with Crippen LogP contribution in [0.5, 0.6) is 0 Å². The van der Waals surface area contributed by atoms with Gasteiger partial charge in [-0.3, -0.25) is 4.79 Å². The van der Waals surface area contributed by atoms with E-state index in [9.17, 15) is 9.18 Å². The van der Waals surface area contributed by atoms with Gasteiger partial charge in [0.15, 0.2) is 0 Å². The van der Waals surface area contributed by atoms with Crippen molar-refractivity contribution in [2.45, 2.75) is 13.5 Å². The smallest absolute Gasteiger partial charge is 0.274 e. The first-order chi connectivity index (χ1) is 12.5. The number of halogens is 2. The van der Waals surface area contributed by atoms with Gasteiger partial charge in [-0.05, 0) is 54.4 Å². The van der Waals surface area contributed by atoms with Crippen LogP contribution >= 0.6 is 11.6 Å². The standard InChI is InChI=1S/C20H17ClFN3O/c1-13-17(21)3-2-4-18(13)25-20(26)19-10-9-16(12-24-19)23-11-14-5-7-15(22)8-6-14/h2-10,12,23H,11H2,1H3,(H,25,26). The normalized spacial score (nSPS) is 10.4. The van der Waals surface area contributed by atoms with E-state index in [1.54, 1.807) is 48.7 Å². The highest BCUT2D eigenvalue weighted by atomic mass is 35.5. The summed E-state index contributed by atoms with van der Waals surface area (Å²) in [6.07, 6.45) is 1.59. The summed E-state index contributed by atoms with van der Waals surface area (Å²) >= 11 is 6.06. The van der Waals surface area contributed by atoms with Gasteiger partial charge in [0.1, 0.15) is 11.5 Å². The third kappa shape index (κ3) is 4.37. The summed E-state index contributed by atoms with van der Waals surface area (Å²) in [4.78, 5) is 16.5. The van der Waals surface area contributed by atoms with Crippen LogP contribution in [0.4, 0.5) is 15.8 Å². The highest BCUT2D eigenvalue weighted by molar-refractivity contribution is 6.31. The molecule has 0 unspecified atom stereocenters. The van der Waals surface area contributed by atoms with Crippen molar-refractivity contribution in [2.24, 2.45) is 0 Å². The molecule has 4 nitrogen and oxygen atoms in total. The third-order valence-electron chi connectivity index (χ3n) is 3.92. The minimum Gasteiger partial charge on any atom is -0.380 e. The molecule has 0 bridgehead atoms. The molecule has 1 amide bonds. The molecule has 6 heteroatoms. The van der Waals surface area contributed by atoms with E-state index in [4.69, 9.17) is 11.6 Å². The zero-order valence-electron chi connectivity index (χ0n) is 14.1. The van der Waals surface area contributed by atoms with Crippen LogP contribution in [-0.2, 0) is 6.54 Å². The molecule has 3 rings (SSSR count). The number of nitrogens with one attached hydrogen (secondary N) is 2. The van der Waals surface area contributed by atoms with Gasteiger partial charge in [-0.15, -0.1) is 0 Å². The number of hydrogen-bond donors (Lipinski definition) is 2. The zero-order valence-corrected chi connectivity index (χ0v) is 14.8. The van der Waals surface area contributed by atoms with Crippen molar-refractivity contribution in [3.05, 3.63) is 88.5 Å². The molecule has 0 radical (unpaired) electrons. The molecule has 132 valence electrons. The summed E-state index contributed by atoms with van der Waals surface area (Å²) in [6, 6.07) is 15.0. The molecule has 0 aliphatic rings. The highest BCUT2D eigenvalue weighted by Gasteiger charge is 2.10. The van der Waals surface area contributed by atoms with Crippen molar-refractivity contribution >= 4 is 28.9 Å². The Morgan fingerprint density at radius 3 is 2.58 bits per heavy atom. The van der Waals surface area contributed by atoms with Crippen LogP contribution < -0.4 is 10.6 Å². The molecule has 0 aliphatic heterocycles. The largest absolute Gasteiger partial charge is 0.380 e. The summed E-state index contributed by atoms with van der Waals surface area (Å²) in [5.41, 5.74) is 3.48. The number of anilines is 2. The Balaban J connectivity index is 1.62. The van der Waals surface area contributed by atoms with E-state index < -0.39 is 0 Å². The van der Waals surface area contributed by atoms with Gasteiger partial charge in [-0.1, -0.05) is 29.8 Å². The number of hydrogen-bond acceptors (Lipinski definition) is 3. The number of carbonyl (C=O) groups is 1. The molecule has 0 aliphatic carbocycles. The van der Waals surface area contributed by atoms with Crippen molar-refractivity contribution in [1.82, 2.24) is 4.98 Å². The van der Waals surface area contributed by atoms with E-state index in [1.807, 2.05) is 6.92 Å². The summed E-state index contributed by atoms with van der Waals surface area (Å²) in [7, 11) is 0. The van der Waals surface area contributed by atoms with Crippen LogP contribution in [0.1, 0.15) is 21.6 Å². The first-order valence-corrected chi connectivity index (χ1v) is 8.41. The number of pyridine rings is 1. The molecule has 1 heterocycles. The minimum absolute atomic E-state index is 0.263. The van der Waals surface area contributed by atoms with Gasteiger partial charge in [0, 0.05) is 17.3 Å². The van der Waals surface area contributed by atoms with Gasteiger partial charge in [0.2, 0.25) is 0 Å². The maximum absolute atomic E-state index is 12.9. The van der Waals surface area contributed by atoms with Crippen molar-refractivity contribution < 1.29 is 9.18 Å². The fraction of sp³-hybridized carbons (Fsp3) is 0.100. The fourth-order valence-electron chi connectivity index (χ4n) is 2.37. The maximum atomic E-state index is 12.9. The lowest BCUT2D eigenvalue weighted by atomic mass is 10.2. The first kappa shape index (κ1) is 17.9. The number of benzene rings is 2. The molecule has 0 saturated heterocycles. The predicted molar refractivity (Wildman–Crippen MR) is 102 cm³/mol. The van der Waals surface area contributed by atoms with Gasteiger partial charge < -0.3 is 10.6 Å². The fourth-order valence-corrected chi connectivity index (χ4v) is 2.54. The summed E-state index contributed by atoms with van der Waals surface area (Å²) in [6.45, 7) is 2.38. The van der Waals surface area contributed by atoms with Crippen LogP contribution in [0.25, 0.3) is 0 Å². The Labute approximate surface area is 156 Å². The van der Waals surface area contributed by atoms with E-state index in [0.717, 1.165) is 16.8 Å². The van der Waals surface area contributed by atoms with Gasteiger partial charge >= 0.3 is 0 Å². The van der Waals surface area contributed by atoms with Crippen LogP contribution in [-0.4, -0.2) is 10.9 Å². The second-order valence-corrected chi connectivity index (χ2v) is 6.19.